The lowest BCUT2D eigenvalue weighted by Gasteiger charge is -2.22. The van der Waals surface area contributed by atoms with E-state index in [1.807, 2.05) is 12.1 Å². The first-order valence-corrected chi connectivity index (χ1v) is 10.4. The van der Waals surface area contributed by atoms with E-state index in [0.717, 1.165) is 5.56 Å². The average Bonchev–Trinajstić information content (AvgIpc) is 2.72. The third kappa shape index (κ3) is 5.17. The molecule has 1 aromatic heterocycles. The van der Waals surface area contributed by atoms with Crippen molar-refractivity contribution in [3.8, 4) is 28.5 Å². The summed E-state index contributed by atoms with van der Waals surface area (Å²) >= 11 is 18.6. The highest BCUT2D eigenvalue weighted by Crippen LogP contribution is 2.38. The molecular weight excluding hydrogens is 455 g/mol. The van der Waals surface area contributed by atoms with Crippen molar-refractivity contribution in [2.75, 3.05) is 32.6 Å². The predicted octanol–water partition coefficient (Wildman–Crippen LogP) is 5.77. The summed E-state index contributed by atoms with van der Waals surface area (Å²) < 4.78 is 0. The van der Waals surface area contributed by atoms with Crippen LogP contribution in [0.2, 0.25) is 15.1 Å². The molecular formula is C23H19Cl3N4O. The Hall–Kier alpha value is -2.62. The minimum absolute atomic E-state index is 0.180. The number of carbonyl (C=O) groups is 1. The highest BCUT2D eigenvalue weighted by molar-refractivity contribution is 6.36. The molecule has 0 spiro atoms. The van der Waals surface area contributed by atoms with Gasteiger partial charge in [0.15, 0.2) is 5.82 Å². The van der Waals surface area contributed by atoms with Gasteiger partial charge in [-0.3, -0.25) is 9.69 Å². The Morgan fingerprint density at radius 1 is 0.968 bits per heavy atom. The standard InChI is InChI=1S/C23H19Cl3N4O/c1-29(2)13-21(31)30(3)23-15(12-27)10-19(14-4-6-16(24)7-5-14)22(28-23)18-9-8-17(25)11-20(18)26/h4-11H,13H2,1-3H3. The van der Waals surface area contributed by atoms with Gasteiger partial charge in [-0.2, -0.15) is 5.26 Å². The summed E-state index contributed by atoms with van der Waals surface area (Å²) in [6.07, 6.45) is 0. The van der Waals surface area contributed by atoms with E-state index < -0.39 is 0 Å². The van der Waals surface area contributed by atoms with Crippen LogP contribution in [-0.2, 0) is 4.79 Å². The molecule has 0 saturated carbocycles. The van der Waals surface area contributed by atoms with Crippen molar-refractivity contribution in [1.29, 1.82) is 5.26 Å². The summed E-state index contributed by atoms with van der Waals surface area (Å²) in [5.41, 5.74) is 2.93. The second-order valence-electron chi connectivity index (χ2n) is 7.19. The zero-order valence-electron chi connectivity index (χ0n) is 17.2. The number of hydrogen-bond acceptors (Lipinski definition) is 4. The van der Waals surface area contributed by atoms with E-state index in [0.29, 0.717) is 31.9 Å². The molecule has 3 aromatic rings. The van der Waals surface area contributed by atoms with Crippen LogP contribution in [0.1, 0.15) is 5.56 Å². The maximum atomic E-state index is 12.7. The fourth-order valence-electron chi connectivity index (χ4n) is 3.07. The highest BCUT2D eigenvalue weighted by Gasteiger charge is 2.22. The van der Waals surface area contributed by atoms with Gasteiger partial charge in [-0.05, 0) is 56.1 Å². The maximum Gasteiger partial charge on any atom is 0.242 e. The van der Waals surface area contributed by atoms with Crippen molar-refractivity contribution >= 4 is 46.5 Å². The molecule has 8 heteroatoms. The van der Waals surface area contributed by atoms with Crippen molar-refractivity contribution < 1.29 is 4.79 Å². The summed E-state index contributed by atoms with van der Waals surface area (Å²) in [6.45, 7) is 0.180. The van der Waals surface area contributed by atoms with Gasteiger partial charge in [0, 0.05) is 28.2 Å². The van der Waals surface area contributed by atoms with Gasteiger partial charge in [0.1, 0.15) is 6.07 Å². The van der Waals surface area contributed by atoms with Crippen LogP contribution in [0.5, 0.6) is 0 Å². The fourth-order valence-corrected chi connectivity index (χ4v) is 3.70. The molecule has 2 aromatic carbocycles. The number of amides is 1. The van der Waals surface area contributed by atoms with Crippen molar-refractivity contribution in [3.63, 3.8) is 0 Å². The topological polar surface area (TPSA) is 60.2 Å². The van der Waals surface area contributed by atoms with Crippen molar-refractivity contribution in [2.45, 2.75) is 0 Å². The van der Waals surface area contributed by atoms with Crippen LogP contribution < -0.4 is 4.90 Å². The van der Waals surface area contributed by atoms with Crippen molar-refractivity contribution in [2.24, 2.45) is 0 Å². The van der Waals surface area contributed by atoms with Gasteiger partial charge in [-0.25, -0.2) is 4.98 Å². The summed E-state index contributed by atoms with van der Waals surface area (Å²) in [7, 11) is 5.20. The van der Waals surface area contributed by atoms with Crippen LogP contribution in [0.4, 0.5) is 5.82 Å². The number of halogens is 3. The number of carbonyl (C=O) groups excluding carboxylic acids is 1. The average molecular weight is 474 g/mol. The summed E-state index contributed by atoms with van der Waals surface area (Å²) in [5.74, 6) is 0.0643. The highest BCUT2D eigenvalue weighted by atomic mass is 35.5. The zero-order valence-corrected chi connectivity index (χ0v) is 19.4. The van der Waals surface area contributed by atoms with Crippen LogP contribution >= 0.6 is 34.8 Å². The Balaban J connectivity index is 2.27. The first-order valence-electron chi connectivity index (χ1n) is 9.29. The molecule has 3 rings (SSSR count). The number of aromatic nitrogens is 1. The largest absolute Gasteiger partial charge is 0.301 e. The van der Waals surface area contributed by atoms with Gasteiger partial charge in [-0.1, -0.05) is 46.9 Å². The molecule has 0 bridgehead atoms. The Labute approximate surface area is 196 Å². The first kappa shape index (κ1) is 23.1. The number of hydrogen-bond donors (Lipinski definition) is 0. The van der Waals surface area contributed by atoms with Crippen LogP contribution in [0.25, 0.3) is 22.4 Å². The second kappa shape index (κ2) is 9.67. The van der Waals surface area contributed by atoms with E-state index >= 15 is 0 Å². The third-order valence-corrected chi connectivity index (χ3v) is 5.41. The van der Waals surface area contributed by atoms with Gasteiger partial charge in [0.2, 0.25) is 5.91 Å². The summed E-state index contributed by atoms with van der Waals surface area (Å²) in [5, 5.41) is 11.3. The van der Waals surface area contributed by atoms with Crippen molar-refractivity contribution in [1.82, 2.24) is 9.88 Å². The van der Waals surface area contributed by atoms with Crippen LogP contribution in [0, 0.1) is 11.3 Å². The van der Waals surface area contributed by atoms with Crippen LogP contribution in [0.15, 0.2) is 48.5 Å². The van der Waals surface area contributed by atoms with Gasteiger partial charge in [0.25, 0.3) is 0 Å². The van der Waals surface area contributed by atoms with E-state index in [9.17, 15) is 10.1 Å². The quantitative estimate of drug-likeness (QED) is 0.472. The number of nitrogens with zero attached hydrogens (tertiary/aromatic N) is 4. The Kier molecular flexibility index (Phi) is 7.19. The lowest BCUT2D eigenvalue weighted by Crippen LogP contribution is -2.36. The van der Waals surface area contributed by atoms with E-state index in [1.54, 1.807) is 62.4 Å². The van der Waals surface area contributed by atoms with E-state index in [1.165, 1.54) is 4.90 Å². The molecule has 0 aliphatic carbocycles. The van der Waals surface area contributed by atoms with Gasteiger partial charge in [0.05, 0.1) is 22.8 Å². The predicted molar refractivity (Wildman–Crippen MR) is 127 cm³/mol. The number of rotatable bonds is 5. The molecule has 31 heavy (non-hydrogen) atoms. The lowest BCUT2D eigenvalue weighted by atomic mass is 9.97. The van der Waals surface area contributed by atoms with Crippen molar-refractivity contribution in [3.05, 3.63) is 69.2 Å². The molecule has 0 unspecified atom stereocenters. The SMILES string of the molecule is CN(C)CC(=O)N(C)c1nc(-c2ccc(Cl)cc2Cl)c(-c2ccc(Cl)cc2)cc1C#N. The number of anilines is 1. The number of benzene rings is 2. The molecule has 0 saturated heterocycles. The van der Waals surface area contributed by atoms with Crippen LogP contribution in [-0.4, -0.2) is 43.5 Å². The van der Waals surface area contributed by atoms with E-state index in [4.69, 9.17) is 39.8 Å². The summed E-state index contributed by atoms with van der Waals surface area (Å²) in [4.78, 5) is 20.5. The molecule has 0 fully saturated rings. The minimum atomic E-state index is -0.193. The molecule has 0 N–H and O–H groups in total. The molecule has 0 aliphatic heterocycles. The number of nitriles is 1. The number of likely N-dealkylation sites (N-methyl/N-ethyl adjacent to an activating group) is 2. The molecule has 1 heterocycles. The third-order valence-electron chi connectivity index (χ3n) is 4.61. The Morgan fingerprint density at radius 2 is 1.61 bits per heavy atom. The maximum absolute atomic E-state index is 12.7. The molecule has 5 nitrogen and oxygen atoms in total. The molecule has 0 aliphatic rings. The van der Waals surface area contributed by atoms with Gasteiger partial charge < -0.3 is 4.90 Å². The van der Waals surface area contributed by atoms with Gasteiger partial charge >= 0.3 is 0 Å². The summed E-state index contributed by atoms with van der Waals surface area (Å²) in [6, 6.07) is 16.2. The normalized spacial score (nSPS) is 10.8. The zero-order chi connectivity index (χ0) is 22.7. The first-order chi connectivity index (χ1) is 14.7. The smallest absolute Gasteiger partial charge is 0.242 e. The van der Waals surface area contributed by atoms with Crippen LogP contribution in [0.3, 0.4) is 0 Å². The Morgan fingerprint density at radius 3 is 2.19 bits per heavy atom. The Bertz CT molecular complexity index is 1170. The second-order valence-corrected chi connectivity index (χ2v) is 8.47. The minimum Gasteiger partial charge on any atom is -0.301 e. The fraction of sp³-hybridized carbons (Fsp3) is 0.174. The molecule has 158 valence electrons. The molecule has 0 radical (unpaired) electrons. The number of pyridine rings is 1. The molecule has 1 amide bonds. The monoisotopic (exact) mass is 472 g/mol. The molecule has 0 atom stereocenters. The van der Waals surface area contributed by atoms with Gasteiger partial charge in [-0.15, -0.1) is 0 Å². The van der Waals surface area contributed by atoms with E-state index in [-0.39, 0.29) is 23.8 Å². The van der Waals surface area contributed by atoms with E-state index in [2.05, 4.69) is 6.07 Å². The lowest BCUT2D eigenvalue weighted by molar-refractivity contribution is -0.118.